The van der Waals surface area contributed by atoms with Crippen LogP contribution in [0.15, 0.2) is 522 Å². The summed E-state index contributed by atoms with van der Waals surface area (Å²) in [7, 11) is 0. The fourth-order valence-corrected chi connectivity index (χ4v) is 24.5. The van der Waals surface area contributed by atoms with Crippen molar-refractivity contribution < 1.29 is 0 Å². The number of nitrogens with zero attached hydrogens (tertiary/aromatic N) is 6. The fraction of sp³-hybridized carbons (Fsp3) is 0.0294. The summed E-state index contributed by atoms with van der Waals surface area (Å²) in [5.41, 5.74) is 25.7. The third-order valence-corrected chi connectivity index (χ3v) is 31.3. The van der Waals surface area contributed by atoms with E-state index in [9.17, 15) is 0 Å². The Kier molecular flexibility index (Phi) is 23.5. The molecule has 3 aromatic heterocycles. The number of rotatable bonds is 18. The minimum atomic E-state index is 1.14. The topological polar surface area (TPSA) is 19.4 Å². The van der Waals surface area contributed by atoms with Gasteiger partial charge in [-0.05, 0) is 394 Å². The summed E-state index contributed by atoms with van der Waals surface area (Å²) in [4.78, 5) is 14.1. The fourth-order valence-electron chi connectivity index (χ4n) is 21.0. The Morgan fingerprint density at radius 2 is 0.297 bits per heavy atom. The lowest BCUT2D eigenvalue weighted by Gasteiger charge is -2.27. The van der Waals surface area contributed by atoms with Crippen molar-refractivity contribution in [1.29, 1.82) is 0 Å². The molecule has 0 spiro atoms. The molecule has 6 nitrogen and oxygen atoms in total. The monoisotopic (exact) mass is 1910 g/mol. The third-order valence-electron chi connectivity index (χ3n) is 28.0. The van der Waals surface area contributed by atoms with Crippen LogP contribution < -0.4 is 29.4 Å². The van der Waals surface area contributed by atoms with Gasteiger partial charge in [0, 0.05) is 163 Å². The molecule has 0 aliphatic heterocycles. The SMILES string of the molecule is Cc1cccc(N(c2ccccc2)c2ccc3cc4sc5cc6ccc(N(c7ccccc7)c7cccc(C)c7)cc6cc5c4cc3c2)c1.Cc1ccccc1N(c1ccccc1)c1ccc2cc3sc4cc5ccc(N(c6ccccc6)c6ccccc6C)cc5cc4c3cc2c1.c1ccc(N(c2ccccc2)c2ccc3cc4sc5cc6ccc(N(c7ccccc7)c7ccccc7)cc6cc5c4cc3c2)cc1. The molecule has 0 radical (unpaired) electrons. The molecule has 0 aliphatic carbocycles. The molecule has 27 aromatic rings. The van der Waals surface area contributed by atoms with Crippen molar-refractivity contribution in [3.05, 3.63) is 544 Å². The minimum Gasteiger partial charge on any atom is -0.310 e. The van der Waals surface area contributed by atoms with Gasteiger partial charge in [-0.3, -0.25) is 0 Å². The zero-order chi connectivity index (χ0) is 97.0. The van der Waals surface area contributed by atoms with E-state index in [0.29, 0.717) is 0 Å². The summed E-state index contributed by atoms with van der Waals surface area (Å²) >= 11 is 5.64. The molecule has 0 saturated carbocycles. The lowest BCUT2D eigenvalue weighted by atomic mass is 10.0. The van der Waals surface area contributed by atoms with E-state index in [4.69, 9.17) is 0 Å². The van der Waals surface area contributed by atoms with Crippen molar-refractivity contribution in [2.24, 2.45) is 0 Å². The summed E-state index contributed by atoms with van der Waals surface area (Å²) in [6.45, 7) is 8.67. The van der Waals surface area contributed by atoms with Gasteiger partial charge in [-0.2, -0.15) is 0 Å². The van der Waals surface area contributed by atoms with Gasteiger partial charge in [0.1, 0.15) is 0 Å². The molecule has 24 aromatic carbocycles. The normalized spacial score (nSPS) is 11.4. The highest BCUT2D eigenvalue weighted by Crippen LogP contribution is 2.50. The molecule has 9 heteroatoms. The summed E-state index contributed by atoms with van der Waals surface area (Å²) < 4.78 is 7.89. The molecule has 0 amide bonds. The first-order chi connectivity index (χ1) is 71.5. The Morgan fingerprint density at radius 3 is 0.503 bits per heavy atom. The summed E-state index contributed by atoms with van der Waals surface area (Å²) in [6, 6.07) is 189. The number of aryl methyl sites for hydroxylation is 4. The number of para-hydroxylation sites is 10. The maximum atomic E-state index is 2.40. The van der Waals surface area contributed by atoms with Gasteiger partial charge >= 0.3 is 0 Å². The van der Waals surface area contributed by atoms with Crippen LogP contribution in [0.2, 0.25) is 0 Å². The molecular formula is C136H98N6S3. The second kappa shape index (κ2) is 38.4. The average Bonchev–Trinajstić information content (AvgIpc) is 1.61. The van der Waals surface area contributed by atoms with E-state index in [1.807, 2.05) is 34.0 Å². The molecule has 0 N–H and O–H groups in total. The van der Waals surface area contributed by atoms with Crippen LogP contribution in [-0.2, 0) is 0 Å². The molecule has 0 fully saturated rings. The van der Waals surface area contributed by atoms with E-state index < -0.39 is 0 Å². The molecule has 3 heterocycles. The molecule has 0 aliphatic rings. The van der Waals surface area contributed by atoms with E-state index in [2.05, 4.69) is 579 Å². The van der Waals surface area contributed by atoms with Gasteiger partial charge in [-0.1, -0.05) is 243 Å². The number of fused-ring (bicyclic) bond motifs is 15. The zero-order valence-corrected chi connectivity index (χ0v) is 83.0. The highest BCUT2D eigenvalue weighted by Gasteiger charge is 2.24. The Hall–Kier alpha value is -17.7. The number of thiophene rings is 3. The number of hydrogen-bond acceptors (Lipinski definition) is 9. The van der Waals surface area contributed by atoms with Gasteiger partial charge in [0.15, 0.2) is 0 Å². The minimum absolute atomic E-state index is 1.14. The van der Waals surface area contributed by atoms with Crippen molar-refractivity contribution in [2.75, 3.05) is 29.4 Å². The zero-order valence-electron chi connectivity index (χ0n) is 80.6. The first-order valence-corrected chi connectivity index (χ1v) is 51.9. The largest absolute Gasteiger partial charge is 0.310 e. The van der Waals surface area contributed by atoms with Gasteiger partial charge < -0.3 is 29.4 Å². The molecule has 690 valence electrons. The van der Waals surface area contributed by atoms with Gasteiger partial charge in [-0.25, -0.2) is 0 Å². The quantitative estimate of drug-likeness (QED) is 0.0847. The van der Waals surface area contributed by atoms with Crippen LogP contribution in [0.1, 0.15) is 22.3 Å². The van der Waals surface area contributed by atoms with Crippen LogP contribution in [0.5, 0.6) is 0 Å². The van der Waals surface area contributed by atoms with Crippen molar-refractivity contribution >= 4 is 262 Å². The first-order valence-electron chi connectivity index (χ1n) is 49.4. The maximum Gasteiger partial charge on any atom is 0.0490 e. The van der Waals surface area contributed by atoms with Crippen molar-refractivity contribution in [1.82, 2.24) is 0 Å². The molecule has 0 unspecified atom stereocenters. The Morgan fingerprint density at radius 1 is 0.124 bits per heavy atom. The summed E-state index contributed by atoms with van der Waals surface area (Å²) in [5.74, 6) is 0. The first kappa shape index (κ1) is 88.7. The molecular weight excluding hydrogens is 1810 g/mol. The van der Waals surface area contributed by atoms with E-state index in [-0.39, 0.29) is 0 Å². The Bertz CT molecular complexity index is 8910. The predicted octanol–water partition coefficient (Wildman–Crippen LogP) is 41.1. The second-order valence-corrected chi connectivity index (χ2v) is 40.8. The second-order valence-electron chi connectivity index (χ2n) is 37.5. The van der Waals surface area contributed by atoms with E-state index in [1.54, 1.807) is 0 Å². The number of benzene rings is 24. The van der Waals surface area contributed by atoms with Crippen molar-refractivity contribution in [3.63, 3.8) is 0 Å². The molecule has 0 atom stereocenters. The predicted molar refractivity (Wildman–Crippen MR) is 630 cm³/mol. The van der Waals surface area contributed by atoms with Gasteiger partial charge in [0.05, 0.1) is 0 Å². The van der Waals surface area contributed by atoms with Crippen molar-refractivity contribution in [3.8, 4) is 0 Å². The molecule has 27 rings (SSSR count). The maximum absolute atomic E-state index is 2.40. The molecule has 0 bridgehead atoms. The van der Waals surface area contributed by atoms with Crippen LogP contribution in [0.4, 0.5) is 102 Å². The lowest BCUT2D eigenvalue weighted by Crippen LogP contribution is -2.11. The number of hydrogen-bond donors (Lipinski definition) is 0. The third kappa shape index (κ3) is 17.5. The Labute approximate surface area is 855 Å². The van der Waals surface area contributed by atoms with E-state index >= 15 is 0 Å². The van der Waals surface area contributed by atoms with E-state index in [1.165, 1.54) is 159 Å². The average molecular weight is 1910 g/mol. The summed E-state index contributed by atoms with van der Waals surface area (Å²) in [5, 5.41) is 22.8. The number of anilines is 18. The van der Waals surface area contributed by atoms with Crippen LogP contribution in [0.25, 0.3) is 125 Å². The highest BCUT2D eigenvalue weighted by molar-refractivity contribution is 7.26. The summed E-state index contributed by atoms with van der Waals surface area (Å²) in [6.07, 6.45) is 0. The molecule has 145 heavy (non-hydrogen) atoms. The van der Waals surface area contributed by atoms with Crippen LogP contribution in [0, 0.1) is 27.7 Å². The standard InChI is InChI=1S/2C46H34N2S.C44H30N2S/c1-31-13-9-11-19-43(31)47(37-15-5-3-6-16-37)39-23-21-33-29-45-41(27-35(33)25-39)42-28-36-26-40(24-22-34(36)30-46(42)49-45)48(38-17-7-4-8-18-38)44-20-12-10-14-32(44)2;1-31-11-9-17-39(23-31)47(37-13-5-3-6-14-37)41-21-19-33-29-45-43(27-35(33)25-41)44-28-36-26-42(22-20-34(36)30-46(44)49-45)48(38-15-7-4-8-16-38)40-18-10-12-32(2)24-40;1-5-13-35(14-6-1)45(36-15-7-2-8-16-36)39-23-21-31-29-43-41(27-33(31)25-39)42-28-34-26-40(24-22-32(34)30-44(42)47-43)46(37-17-9-3-10-18-37)38-19-11-4-12-20-38/h2*3-30H,1-2H3;1-30H. The highest BCUT2D eigenvalue weighted by atomic mass is 32.1. The van der Waals surface area contributed by atoms with Crippen molar-refractivity contribution in [2.45, 2.75) is 27.7 Å². The van der Waals surface area contributed by atoms with Crippen LogP contribution in [-0.4, -0.2) is 0 Å². The lowest BCUT2D eigenvalue weighted by molar-refractivity contribution is 1.25. The van der Waals surface area contributed by atoms with Gasteiger partial charge in [0.2, 0.25) is 0 Å². The van der Waals surface area contributed by atoms with Gasteiger partial charge in [0.25, 0.3) is 0 Å². The molecule has 0 saturated heterocycles. The Balaban J connectivity index is 0.000000114. The van der Waals surface area contributed by atoms with Gasteiger partial charge in [-0.15, -0.1) is 34.0 Å². The van der Waals surface area contributed by atoms with Crippen LogP contribution in [0.3, 0.4) is 0 Å². The van der Waals surface area contributed by atoms with E-state index in [0.717, 1.165) is 91.0 Å². The van der Waals surface area contributed by atoms with Crippen LogP contribution >= 0.6 is 34.0 Å². The smallest absolute Gasteiger partial charge is 0.0490 e.